The van der Waals surface area contributed by atoms with Crippen LogP contribution in [0.1, 0.15) is 25.7 Å². The maximum Gasteiger partial charge on any atom is 0.204 e. The number of ether oxygens (including phenoxy) is 2. The maximum atomic E-state index is 6.38. The molecule has 10 nitrogen and oxygen atoms in total. The van der Waals surface area contributed by atoms with E-state index in [1.54, 1.807) is 0 Å². The van der Waals surface area contributed by atoms with E-state index in [0.29, 0.717) is 17.7 Å². The number of nitrogens with one attached hydrogen (secondary N) is 2. The minimum Gasteiger partial charge on any atom is -0.490 e. The molecule has 2 aliphatic heterocycles. The number of rotatable bonds is 8. The largest absolute Gasteiger partial charge is 0.490 e. The third-order valence-electron chi connectivity index (χ3n) is 7.06. The van der Waals surface area contributed by atoms with Gasteiger partial charge in [0.25, 0.3) is 0 Å². The summed E-state index contributed by atoms with van der Waals surface area (Å²) in [4.78, 5) is 2.49. The van der Waals surface area contributed by atoms with Gasteiger partial charge < -0.3 is 24.2 Å². The predicted octanol–water partition coefficient (Wildman–Crippen LogP) is 3.29. The Morgan fingerprint density at radius 1 is 0.972 bits per heavy atom. The fraction of sp³-hybridized carbons (Fsp3) is 0.462. The van der Waals surface area contributed by atoms with Crippen LogP contribution < -0.4 is 10.1 Å². The first-order valence-electron chi connectivity index (χ1n) is 12.8. The molecule has 4 heterocycles. The quantitative estimate of drug-likeness (QED) is 0.385. The number of aromatic amines is 1. The highest BCUT2D eigenvalue weighted by molar-refractivity contribution is 5.94. The van der Waals surface area contributed by atoms with Crippen LogP contribution >= 0.6 is 0 Å². The Labute approximate surface area is 209 Å². The van der Waals surface area contributed by atoms with Crippen molar-refractivity contribution in [2.75, 3.05) is 39.3 Å². The first kappa shape index (κ1) is 23.1. The van der Waals surface area contributed by atoms with E-state index in [1.807, 2.05) is 42.5 Å². The van der Waals surface area contributed by atoms with Crippen LogP contribution in [-0.4, -0.2) is 82.2 Å². The molecule has 0 amide bonds. The van der Waals surface area contributed by atoms with Gasteiger partial charge in [0.15, 0.2) is 5.76 Å². The van der Waals surface area contributed by atoms with Gasteiger partial charge in [0.2, 0.25) is 5.82 Å². The first-order chi connectivity index (χ1) is 17.8. The van der Waals surface area contributed by atoms with Gasteiger partial charge >= 0.3 is 0 Å². The second-order valence-corrected chi connectivity index (χ2v) is 9.49. The summed E-state index contributed by atoms with van der Waals surface area (Å²) in [6.07, 6.45) is 4.90. The second kappa shape index (κ2) is 10.7. The van der Waals surface area contributed by atoms with Crippen molar-refractivity contribution in [1.29, 1.82) is 0 Å². The Bertz CT molecular complexity index is 1260. The Balaban J connectivity index is 1.06. The van der Waals surface area contributed by atoms with Crippen molar-refractivity contribution in [2.24, 2.45) is 0 Å². The summed E-state index contributed by atoms with van der Waals surface area (Å²) in [5, 5.41) is 22.8. The van der Waals surface area contributed by atoms with E-state index in [9.17, 15) is 0 Å². The molecule has 0 atom stereocenters. The number of tetrazole rings is 1. The molecule has 2 fully saturated rings. The fourth-order valence-electron chi connectivity index (χ4n) is 5.04. The van der Waals surface area contributed by atoms with Crippen LogP contribution in [-0.2, 0) is 4.74 Å². The number of H-pyrrole nitrogens is 1. The number of aromatic nitrogens is 5. The van der Waals surface area contributed by atoms with Gasteiger partial charge in [0.05, 0.1) is 18.1 Å². The number of hydrogen-bond acceptors (Lipinski definition) is 9. The summed E-state index contributed by atoms with van der Waals surface area (Å²) < 4.78 is 18.2. The summed E-state index contributed by atoms with van der Waals surface area (Å²) in [5.74, 6) is 2.08. The Morgan fingerprint density at radius 3 is 2.69 bits per heavy atom. The van der Waals surface area contributed by atoms with Crippen molar-refractivity contribution in [2.45, 2.75) is 37.9 Å². The monoisotopic (exact) mass is 489 g/mol. The highest BCUT2D eigenvalue weighted by Crippen LogP contribution is 2.33. The van der Waals surface area contributed by atoms with Crippen LogP contribution in [0.3, 0.4) is 0 Å². The molecule has 188 valence electrons. The first-order valence-corrected chi connectivity index (χ1v) is 12.8. The molecular formula is C26H31N7O3. The van der Waals surface area contributed by atoms with Crippen molar-refractivity contribution < 1.29 is 14.0 Å². The topological polar surface area (TPSA) is 114 Å². The average Bonchev–Trinajstić information content (AvgIpc) is 3.61. The molecule has 2 saturated heterocycles. The molecule has 0 unspecified atom stereocenters. The molecule has 36 heavy (non-hydrogen) atoms. The van der Waals surface area contributed by atoms with Crippen molar-refractivity contribution in [3.8, 4) is 28.5 Å². The number of nitrogens with zero attached hydrogens (tertiary/aromatic N) is 5. The van der Waals surface area contributed by atoms with E-state index in [2.05, 4.69) is 36.0 Å². The highest BCUT2D eigenvalue weighted by atomic mass is 16.5. The lowest BCUT2D eigenvalue weighted by atomic mass is 10.1. The Morgan fingerprint density at radius 2 is 1.86 bits per heavy atom. The van der Waals surface area contributed by atoms with Gasteiger partial charge in [-0.2, -0.15) is 5.21 Å². The third kappa shape index (κ3) is 5.25. The molecule has 0 radical (unpaired) electrons. The molecule has 2 aliphatic rings. The summed E-state index contributed by atoms with van der Waals surface area (Å²) in [6.45, 7) is 6.02. The summed E-state index contributed by atoms with van der Waals surface area (Å²) in [6, 6.07) is 13.8. The SMILES string of the molecule is c1cc(OC2CCN(CCOC3CCNCC3)CC2)cc(-c2onc3ccc(-c4nn[nH]n4)cc23)c1. The molecule has 10 heteroatoms. The third-order valence-corrected chi connectivity index (χ3v) is 7.06. The minimum absolute atomic E-state index is 0.207. The summed E-state index contributed by atoms with van der Waals surface area (Å²) in [7, 11) is 0. The summed E-state index contributed by atoms with van der Waals surface area (Å²) >= 11 is 0. The molecular weight excluding hydrogens is 458 g/mol. The van der Waals surface area contributed by atoms with Crippen molar-refractivity contribution in [3.63, 3.8) is 0 Å². The molecule has 0 saturated carbocycles. The van der Waals surface area contributed by atoms with Gasteiger partial charge in [-0.25, -0.2) is 0 Å². The maximum absolute atomic E-state index is 6.38. The van der Waals surface area contributed by atoms with Crippen molar-refractivity contribution in [1.82, 2.24) is 36.0 Å². The molecule has 6 rings (SSSR count). The van der Waals surface area contributed by atoms with Crippen LogP contribution in [0.25, 0.3) is 33.6 Å². The van der Waals surface area contributed by atoms with Gasteiger partial charge in [0, 0.05) is 30.8 Å². The lowest BCUT2D eigenvalue weighted by Crippen LogP contribution is -2.40. The zero-order chi connectivity index (χ0) is 24.2. The van der Waals surface area contributed by atoms with Crippen LogP contribution in [0, 0.1) is 0 Å². The van der Waals surface area contributed by atoms with E-state index < -0.39 is 0 Å². The van der Waals surface area contributed by atoms with Gasteiger partial charge in [-0.05, 0) is 74.3 Å². The van der Waals surface area contributed by atoms with Crippen LogP contribution in [0.2, 0.25) is 0 Å². The van der Waals surface area contributed by atoms with Crippen molar-refractivity contribution >= 4 is 10.9 Å². The van der Waals surface area contributed by atoms with Gasteiger partial charge in [-0.3, -0.25) is 0 Å². The average molecular weight is 490 g/mol. The molecule has 0 spiro atoms. The molecule has 0 aliphatic carbocycles. The lowest BCUT2D eigenvalue weighted by molar-refractivity contribution is 0.0111. The molecule has 0 bridgehead atoms. The Kier molecular flexibility index (Phi) is 6.88. The van der Waals surface area contributed by atoms with E-state index in [-0.39, 0.29) is 6.10 Å². The van der Waals surface area contributed by atoms with Crippen LogP contribution in [0.4, 0.5) is 0 Å². The van der Waals surface area contributed by atoms with Gasteiger partial charge in [-0.1, -0.05) is 17.3 Å². The van der Waals surface area contributed by atoms with Gasteiger partial charge in [0.1, 0.15) is 17.4 Å². The van der Waals surface area contributed by atoms with Crippen LogP contribution in [0.15, 0.2) is 47.0 Å². The summed E-state index contributed by atoms with van der Waals surface area (Å²) in [5.41, 5.74) is 2.55. The highest BCUT2D eigenvalue weighted by Gasteiger charge is 2.22. The second-order valence-electron chi connectivity index (χ2n) is 9.49. The molecule has 4 aromatic rings. The normalized spacial score (nSPS) is 18.1. The lowest BCUT2D eigenvalue weighted by Gasteiger charge is -2.32. The fourth-order valence-corrected chi connectivity index (χ4v) is 5.04. The van der Waals surface area contributed by atoms with E-state index in [0.717, 1.165) is 92.8 Å². The van der Waals surface area contributed by atoms with Gasteiger partial charge in [-0.15, -0.1) is 10.2 Å². The number of fused-ring (bicyclic) bond motifs is 1. The van der Waals surface area contributed by atoms with E-state index >= 15 is 0 Å². The number of benzene rings is 2. The molecule has 2 aromatic carbocycles. The van der Waals surface area contributed by atoms with E-state index in [4.69, 9.17) is 14.0 Å². The van der Waals surface area contributed by atoms with Crippen LogP contribution in [0.5, 0.6) is 5.75 Å². The van der Waals surface area contributed by atoms with E-state index in [1.165, 1.54) is 0 Å². The zero-order valence-corrected chi connectivity index (χ0v) is 20.2. The smallest absolute Gasteiger partial charge is 0.204 e. The predicted molar refractivity (Wildman–Crippen MR) is 135 cm³/mol. The Hall–Kier alpha value is -3.34. The number of likely N-dealkylation sites (tertiary alicyclic amines) is 1. The molecule has 2 N–H and O–H groups in total. The zero-order valence-electron chi connectivity index (χ0n) is 20.2. The number of hydrogen-bond donors (Lipinski definition) is 2. The minimum atomic E-state index is 0.207. The number of piperidine rings is 2. The molecule has 2 aromatic heterocycles. The van der Waals surface area contributed by atoms with Crippen molar-refractivity contribution in [3.05, 3.63) is 42.5 Å². The standard InChI is InChI=1S/C26H31N7O3/c1-2-18(25-23-17-19(26-28-31-32-29-26)4-5-24(23)30-36-25)16-22(3-1)35-21-8-12-33(13-9-21)14-15-34-20-6-10-27-11-7-20/h1-5,16-17,20-21,27H,6-15H2,(H,28,29,31,32).